The van der Waals surface area contributed by atoms with Crippen molar-refractivity contribution < 1.29 is 4.74 Å². The number of aryl methyl sites for hydroxylation is 1. The second kappa shape index (κ2) is 8.24. The SMILES string of the molecule is CCc1cc(=O)[nH]c(-c2ccc(N3CCOC(c4ccc(Br)cc4)C3)nc2)n1. The monoisotopic (exact) mass is 440 g/mol. The lowest BCUT2D eigenvalue weighted by atomic mass is 10.1. The zero-order chi connectivity index (χ0) is 19.5. The smallest absolute Gasteiger partial charge is 0.251 e. The molecular formula is C21H21BrN4O2. The Balaban J connectivity index is 1.53. The Kier molecular flexibility index (Phi) is 5.54. The Bertz CT molecular complexity index is 1000. The van der Waals surface area contributed by atoms with Crippen LogP contribution in [0.5, 0.6) is 0 Å². The van der Waals surface area contributed by atoms with E-state index in [1.807, 2.05) is 31.2 Å². The predicted octanol–water partition coefficient (Wildman–Crippen LogP) is 3.73. The average molecular weight is 441 g/mol. The van der Waals surface area contributed by atoms with E-state index in [-0.39, 0.29) is 11.7 Å². The normalized spacial score (nSPS) is 16.9. The van der Waals surface area contributed by atoms with Gasteiger partial charge in [-0.15, -0.1) is 0 Å². The number of halogens is 1. The van der Waals surface area contributed by atoms with Crippen LogP contribution in [0, 0.1) is 0 Å². The van der Waals surface area contributed by atoms with Crippen molar-refractivity contribution in [2.45, 2.75) is 19.4 Å². The molecule has 1 saturated heterocycles. The first-order valence-electron chi connectivity index (χ1n) is 9.31. The molecule has 3 aromatic rings. The molecule has 1 N–H and O–H groups in total. The van der Waals surface area contributed by atoms with E-state index in [0.717, 1.165) is 40.2 Å². The lowest BCUT2D eigenvalue weighted by Gasteiger charge is -2.34. The molecule has 144 valence electrons. The molecule has 1 aliphatic heterocycles. The minimum Gasteiger partial charge on any atom is -0.370 e. The van der Waals surface area contributed by atoms with Crippen molar-refractivity contribution in [2.24, 2.45) is 0 Å². The van der Waals surface area contributed by atoms with Crippen LogP contribution in [-0.4, -0.2) is 34.6 Å². The fourth-order valence-electron chi connectivity index (χ4n) is 3.28. The highest BCUT2D eigenvalue weighted by molar-refractivity contribution is 9.10. The standard InChI is InChI=1S/C21H21BrN4O2/c1-2-17-11-20(27)25-21(24-17)15-5-8-19(23-12-15)26-9-10-28-18(13-26)14-3-6-16(22)7-4-14/h3-8,11-12,18H,2,9-10,13H2,1H3,(H,24,25,27). The van der Waals surface area contributed by atoms with Crippen molar-refractivity contribution in [2.75, 3.05) is 24.6 Å². The van der Waals surface area contributed by atoms with E-state index < -0.39 is 0 Å². The molecule has 2 aromatic heterocycles. The molecule has 0 aliphatic carbocycles. The number of morpholine rings is 1. The molecule has 1 fully saturated rings. The maximum atomic E-state index is 11.8. The van der Waals surface area contributed by atoms with Crippen LogP contribution in [0.1, 0.15) is 24.3 Å². The first-order valence-corrected chi connectivity index (χ1v) is 10.1. The van der Waals surface area contributed by atoms with Crippen LogP contribution < -0.4 is 10.5 Å². The Morgan fingerprint density at radius 1 is 1.25 bits per heavy atom. The molecule has 1 unspecified atom stereocenters. The van der Waals surface area contributed by atoms with Gasteiger partial charge in [0.05, 0.1) is 6.61 Å². The summed E-state index contributed by atoms with van der Waals surface area (Å²) in [5.74, 6) is 1.45. The van der Waals surface area contributed by atoms with Gasteiger partial charge in [-0.25, -0.2) is 9.97 Å². The van der Waals surface area contributed by atoms with Gasteiger partial charge >= 0.3 is 0 Å². The van der Waals surface area contributed by atoms with E-state index in [1.54, 1.807) is 6.20 Å². The van der Waals surface area contributed by atoms with Gasteiger partial charge in [0.15, 0.2) is 0 Å². The number of rotatable bonds is 4. The lowest BCUT2D eigenvalue weighted by molar-refractivity contribution is 0.0395. The lowest BCUT2D eigenvalue weighted by Crippen LogP contribution is -2.38. The van der Waals surface area contributed by atoms with Gasteiger partial charge < -0.3 is 14.6 Å². The summed E-state index contributed by atoms with van der Waals surface area (Å²) in [6.45, 7) is 4.17. The zero-order valence-corrected chi connectivity index (χ0v) is 17.1. The molecule has 6 nitrogen and oxygen atoms in total. The van der Waals surface area contributed by atoms with E-state index >= 15 is 0 Å². The topological polar surface area (TPSA) is 71.1 Å². The number of pyridine rings is 1. The first kappa shape index (κ1) is 18.8. The van der Waals surface area contributed by atoms with Crippen LogP contribution in [0.2, 0.25) is 0 Å². The number of aromatic amines is 1. The third kappa shape index (κ3) is 4.15. The largest absolute Gasteiger partial charge is 0.370 e. The van der Waals surface area contributed by atoms with Crippen molar-refractivity contribution in [3.05, 3.63) is 74.7 Å². The number of nitrogens with zero attached hydrogens (tertiary/aromatic N) is 3. The van der Waals surface area contributed by atoms with Crippen LogP contribution in [0.4, 0.5) is 5.82 Å². The van der Waals surface area contributed by atoms with Gasteiger partial charge in [0.2, 0.25) is 0 Å². The molecule has 4 rings (SSSR count). The molecule has 0 spiro atoms. The summed E-state index contributed by atoms with van der Waals surface area (Å²) >= 11 is 3.47. The average Bonchev–Trinajstić information content (AvgIpc) is 2.74. The number of H-pyrrole nitrogens is 1. The molecule has 3 heterocycles. The first-order chi connectivity index (χ1) is 13.6. The third-order valence-corrected chi connectivity index (χ3v) is 5.34. The summed E-state index contributed by atoms with van der Waals surface area (Å²) in [4.78, 5) is 25.9. The molecule has 1 aromatic carbocycles. The molecule has 0 saturated carbocycles. The number of benzene rings is 1. The van der Waals surface area contributed by atoms with Crippen molar-refractivity contribution in [1.82, 2.24) is 15.0 Å². The fourth-order valence-corrected chi connectivity index (χ4v) is 3.54. The summed E-state index contributed by atoms with van der Waals surface area (Å²) < 4.78 is 7.01. The maximum Gasteiger partial charge on any atom is 0.251 e. The van der Waals surface area contributed by atoms with Gasteiger partial charge in [-0.05, 0) is 36.2 Å². The van der Waals surface area contributed by atoms with Crippen LogP contribution in [-0.2, 0) is 11.2 Å². The van der Waals surface area contributed by atoms with Crippen molar-refractivity contribution >= 4 is 21.7 Å². The molecule has 1 aliphatic rings. The van der Waals surface area contributed by atoms with Crippen LogP contribution >= 0.6 is 15.9 Å². The highest BCUT2D eigenvalue weighted by Gasteiger charge is 2.23. The highest BCUT2D eigenvalue weighted by atomic mass is 79.9. The molecule has 7 heteroatoms. The predicted molar refractivity (Wildman–Crippen MR) is 113 cm³/mol. The second-order valence-corrected chi connectivity index (χ2v) is 7.62. The van der Waals surface area contributed by atoms with Crippen molar-refractivity contribution in [3.8, 4) is 11.4 Å². The van der Waals surface area contributed by atoms with E-state index in [1.165, 1.54) is 6.07 Å². The number of aromatic nitrogens is 3. The summed E-state index contributed by atoms with van der Waals surface area (Å²) in [5, 5.41) is 0. The van der Waals surface area contributed by atoms with E-state index in [2.05, 4.69) is 47.9 Å². The summed E-state index contributed by atoms with van der Waals surface area (Å²) in [7, 11) is 0. The van der Waals surface area contributed by atoms with E-state index in [0.29, 0.717) is 18.9 Å². The molecule has 28 heavy (non-hydrogen) atoms. The fraction of sp³-hybridized carbons (Fsp3) is 0.286. The molecular weight excluding hydrogens is 420 g/mol. The Morgan fingerprint density at radius 2 is 2.07 bits per heavy atom. The van der Waals surface area contributed by atoms with Crippen LogP contribution in [0.3, 0.4) is 0 Å². The summed E-state index contributed by atoms with van der Waals surface area (Å²) in [6.07, 6.45) is 2.49. The quantitative estimate of drug-likeness (QED) is 0.668. The van der Waals surface area contributed by atoms with Crippen LogP contribution in [0.15, 0.2) is 57.9 Å². The second-order valence-electron chi connectivity index (χ2n) is 6.70. The van der Waals surface area contributed by atoms with Crippen LogP contribution in [0.25, 0.3) is 11.4 Å². The Hall–Kier alpha value is -2.51. The van der Waals surface area contributed by atoms with Gasteiger partial charge in [0.25, 0.3) is 5.56 Å². The summed E-state index contributed by atoms with van der Waals surface area (Å²) in [5.41, 5.74) is 2.58. The van der Waals surface area contributed by atoms with Gasteiger partial charge in [-0.2, -0.15) is 0 Å². The number of anilines is 1. The maximum absolute atomic E-state index is 11.8. The molecule has 1 atom stereocenters. The molecule has 0 amide bonds. The summed E-state index contributed by atoms with van der Waals surface area (Å²) in [6, 6.07) is 13.7. The molecule has 0 radical (unpaired) electrons. The van der Waals surface area contributed by atoms with Crippen molar-refractivity contribution in [1.29, 1.82) is 0 Å². The van der Waals surface area contributed by atoms with E-state index in [4.69, 9.17) is 4.74 Å². The number of nitrogens with one attached hydrogen (secondary N) is 1. The highest BCUT2D eigenvalue weighted by Crippen LogP contribution is 2.27. The Morgan fingerprint density at radius 3 is 2.79 bits per heavy atom. The Labute approximate surface area is 171 Å². The van der Waals surface area contributed by atoms with Gasteiger partial charge in [0, 0.05) is 41.1 Å². The zero-order valence-electron chi connectivity index (χ0n) is 15.6. The minimum atomic E-state index is -0.142. The van der Waals surface area contributed by atoms with E-state index in [9.17, 15) is 4.79 Å². The number of hydrogen-bond acceptors (Lipinski definition) is 5. The van der Waals surface area contributed by atoms with Gasteiger partial charge in [-0.1, -0.05) is 35.0 Å². The van der Waals surface area contributed by atoms with Crippen molar-refractivity contribution in [3.63, 3.8) is 0 Å². The number of hydrogen-bond donors (Lipinski definition) is 1. The minimum absolute atomic E-state index is 0.0163. The van der Waals surface area contributed by atoms with Gasteiger partial charge in [-0.3, -0.25) is 4.79 Å². The molecule has 0 bridgehead atoms. The number of ether oxygens (including phenoxy) is 1. The van der Waals surface area contributed by atoms with Gasteiger partial charge in [0.1, 0.15) is 17.7 Å². The third-order valence-electron chi connectivity index (χ3n) is 4.81.